The maximum atomic E-state index is 13.0. The first kappa shape index (κ1) is 23.9. The van der Waals surface area contributed by atoms with Crippen LogP contribution in [0.15, 0.2) is 70.5 Å². The Labute approximate surface area is 195 Å². The zero-order valence-corrected chi connectivity index (χ0v) is 20.0. The number of benzene rings is 2. The first-order valence-corrected chi connectivity index (χ1v) is 14.1. The average molecular weight is 492 g/mol. The lowest BCUT2D eigenvalue weighted by Gasteiger charge is -2.31. The van der Waals surface area contributed by atoms with Gasteiger partial charge in [0.2, 0.25) is 26.0 Å². The van der Waals surface area contributed by atoms with E-state index < -0.39 is 26.1 Å². The van der Waals surface area contributed by atoms with Crippen LogP contribution in [0.4, 0.5) is 0 Å². The van der Waals surface area contributed by atoms with Crippen molar-refractivity contribution in [1.82, 2.24) is 13.9 Å². The Bertz CT molecular complexity index is 1160. The lowest BCUT2D eigenvalue weighted by Crippen LogP contribution is -2.48. The van der Waals surface area contributed by atoms with Gasteiger partial charge in [0.25, 0.3) is 0 Å². The Morgan fingerprint density at radius 3 is 1.91 bits per heavy atom. The van der Waals surface area contributed by atoms with Crippen molar-refractivity contribution in [2.45, 2.75) is 41.5 Å². The Hall–Kier alpha value is -2.27. The van der Waals surface area contributed by atoms with Gasteiger partial charge in [-0.15, -0.1) is 0 Å². The number of carbonyl (C=O) groups excluding carboxylic acids is 1. The highest BCUT2D eigenvalue weighted by atomic mass is 32.2. The molecule has 8 nitrogen and oxygen atoms in total. The van der Waals surface area contributed by atoms with Gasteiger partial charge in [-0.05, 0) is 55.9 Å². The van der Waals surface area contributed by atoms with Crippen molar-refractivity contribution in [2.24, 2.45) is 5.92 Å². The third-order valence-corrected chi connectivity index (χ3v) is 10.2. The second-order valence-electron chi connectivity index (χ2n) is 8.49. The van der Waals surface area contributed by atoms with Gasteiger partial charge in [-0.1, -0.05) is 36.4 Å². The molecule has 2 saturated heterocycles. The molecule has 1 N–H and O–H groups in total. The van der Waals surface area contributed by atoms with Crippen molar-refractivity contribution in [1.29, 1.82) is 0 Å². The molecular weight excluding hydrogens is 462 g/mol. The lowest BCUT2D eigenvalue weighted by atomic mass is 9.98. The first-order valence-electron chi connectivity index (χ1n) is 11.2. The van der Waals surface area contributed by atoms with Gasteiger partial charge in [0, 0.05) is 26.2 Å². The summed E-state index contributed by atoms with van der Waals surface area (Å²) in [6.45, 7) is 1.53. The zero-order chi connectivity index (χ0) is 23.5. The van der Waals surface area contributed by atoms with E-state index in [1.54, 1.807) is 60.7 Å². The van der Waals surface area contributed by atoms with Gasteiger partial charge in [0.05, 0.1) is 9.79 Å². The Kier molecular flexibility index (Phi) is 7.18. The molecule has 0 spiro atoms. The van der Waals surface area contributed by atoms with Gasteiger partial charge in [-0.3, -0.25) is 4.79 Å². The third-order valence-electron chi connectivity index (χ3n) is 6.38. The predicted molar refractivity (Wildman–Crippen MR) is 124 cm³/mol. The minimum absolute atomic E-state index is 0.150. The van der Waals surface area contributed by atoms with E-state index >= 15 is 0 Å². The summed E-state index contributed by atoms with van der Waals surface area (Å²) in [6.07, 6.45) is 2.41. The number of sulfonamides is 2. The predicted octanol–water partition coefficient (Wildman–Crippen LogP) is 2.06. The van der Waals surface area contributed by atoms with Gasteiger partial charge in [-0.2, -0.15) is 8.61 Å². The molecule has 4 rings (SSSR count). The van der Waals surface area contributed by atoms with Gasteiger partial charge >= 0.3 is 0 Å². The number of hydrogen-bond donors (Lipinski definition) is 1. The van der Waals surface area contributed by atoms with E-state index in [-0.39, 0.29) is 21.6 Å². The van der Waals surface area contributed by atoms with E-state index in [0.29, 0.717) is 51.9 Å². The molecule has 2 aromatic rings. The SMILES string of the molecule is O=C(NCC1CCN(S(=O)(=O)c2ccccc2)CC1)C1CCCN1S(=O)(=O)c1ccccc1. The lowest BCUT2D eigenvalue weighted by molar-refractivity contribution is -0.124. The van der Waals surface area contributed by atoms with Crippen LogP contribution in [0.25, 0.3) is 0 Å². The normalized spacial score (nSPS) is 21.2. The number of rotatable bonds is 7. The molecule has 2 aliphatic heterocycles. The summed E-state index contributed by atoms with van der Waals surface area (Å²) < 4.78 is 54.3. The molecule has 33 heavy (non-hydrogen) atoms. The smallest absolute Gasteiger partial charge is 0.243 e. The van der Waals surface area contributed by atoms with Crippen LogP contribution in [0.2, 0.25) is 0 Å². The van der Waals surface area contributed by atoms with E-state index in [1.165, 1.54) is 8.61 Å². The van der Waals surface area contributed by atoms with Crippen LogP contribution in [-0.2, 0) is 24.8 Å². The number of hydrogen-bond acceptors (Lipinski definition) is 5. The summed E-state index contributed by atoms with van der Waals surface area (Å²) in [7, 11) is -7.23. The molecule has 1 unspecified atom stereocenters. The van der Waals surface area contributed by atoms with E-state index in [9.17, 15) is 21.6 Å². The van der Waals surface area contributed by atoms with E-state index in [1.807, 2.05) is 0 Å². The monoisotopic (exact) mass is 491 g/mol. The minimum atomic E-state index is -3.73. The molecule has 0 aliphatic carbocycles. The molecule has 2 aliphatic rings. The maximum Gasteiger partial charge on any atom is 0.243 e. The third kappa shape index (κ3) is 5.13. The minimum Gasteiger partial charge on any atom is -0.354 e. The van der Waals surface area contributed by atoms with Crippen LogP contribution in [-0.4, -0.2) is 63.6 Å². The van der Waals surface area contributed by atoms with Crippen LogP contribution in [0, 0.1) is 5.92 Å². The highest BCUT2D eigenvalue weighted by molar-refractivity contribution is 7.89. The average Bonchev–Trinajstić information content (AvgIpc) is 3.35. The maximum absolute atomic E-state index is 13.0. The van der Waals surface area contributed by atoms with Crippen molar-refractivity contribution in [2.75, 3.05) is 26.2 Å². The van der Waals surface area contributed by atoms with Crippen LogP contribution >= 0.6 is 0 Å². The van der Waals surface area contributed by atoms with Gasteiger partial charge in [0.15, 0.2) is 0 Å². The summed E-state index contributed by atoms with van der Waals surface area (Å²) in [6, 6.07) is 15.8. The molecule has 2 fully saturated rings. The largest absolute Gasteiger partial charge is 0.354 e. The fraction of sp³-hybridized carbons (Fsp3) is 0.435. The van der Waals surface area contributed by atoms with Crippen molar-refractivity contribution >= 4 is 26.0 Å². The quantitative estimate of drug-likeness (QED) is 0.639. The molecule has 0 saturated carbocycles. The number of nitrogens with zero attached hydrogens (tertiary/aromatic N) is 2. The fourth-order valence-electron chi connectivity index (χ4n) is 4.48. The van der Waals surface area contributed by atoms with Crippen LogP contribution in [0.3, 0.4) is 0 Å². The van der Waals surface area contributed by atoms with Crippen molar-refractivity contribution in [3.8, 4) is 0 Å². The Morgan fingerprint density at radius 1 is 0.788 bits per heavy atom. The number of nitrogens with one attached hydrogen (secondary N) is 1. The molecule has 10 heteroatoms. The number of carbonyl (C=O) groups is 1. The summed E-state index contributed by atoms with van der Waals surface area (Å²) in [4.78, 5) is 13.3. The molecule has 0 aromatic heterocycles. The molecule has 178 valence electrons. The summed E-state index contributed by atoms with van der Waals surface area (Å²) >= 11 is 0. The van der Waals surface area contributed by atoms with E-state index in [2.05, 4.69) is 5.32 Å². The van der Waals surface area contributed by atoms with Crippen LogP contribution in [0.1, 0.15) is 25.7 Å². The van der Waals surface area contributed by atoms with Gasteiger partial charge in [-0.25, -0.2) is 16.8 Å². The van der Waals surface area contributed by atoms with Gasteiger partial charge < -0.3 is 5.32 Å². The fourth-order valence-corrected chi connectivity index (χ4v) is 7.64. The zero-order valence-electron chi connectivity index (χ0n) is 18.3. The summed E-state index contributed by atoms with van der Waals surface area (Å²) in [5, 5.41) is 2.92. The van der Waals surface area contributed by atoms with E-state index in [0.717, 1.165) is 0 Å². The molecule has 1 atom stereocenters. The Morgan fingerprint density at radius 2 is 1.33 bits per heavy atom. The topological polar surface area (TPSA) is 104 Å². The highest BCUT2D eigenvalue weighted by Gasteiger charge is 2.39. The van der Waals surface area contributed by atoms with Crippen LogP contribution < -0.4 is 5.32 Å². The second-order valence-corrected chi connectivity index (χ2v) is 12.3. The standard InChI is InChI=1S/C23H29N3O5S2/c27-23(22-12-7-15-26(22)33(30,31)21-10-5-2-6-11-21)24-18-19-13-16-25(17-14-19)32(28,29)20-8-3-1-4-9-20/h1-6,8-11,19,22H,7,12-18H2,(H,24,27). The Balaban J connectivity index is 1.32. The highest BCUT2D eigenvalue weighted by Crippen LogP contribution is 2.27. The second kappa shape index (κ2) is 9.92. The van der Waals surface area contributed by atoms with Crippen molar-refractivity contribution < 1.29 is 21.6 Å². The van der Waals surface area contributed by atoms with Crippen molar-refractivity contribution in [3.05, 3.63) is 60.7 Å². The molecule has 0 radical (unpaired) electrons. The molecule has 1 amide bonds. The van der Waals surface area contributed by atoms with Crippen molar-refractivity contribution in [3.63, 3.8) is 0 Å². The molecular formula is C23H29N3O5S2. The molecule has 0 bridgehead atoms. The number of piperidine rings is 1. The molecule has 2 heterocycles. The van der Waals surface area contributed by atoms with Gasteiger partial charge in [0.1, 0.15) is 6.04 Å². The number of amides is 1. The summed E-state index contributed by atoms with van der Waals surface area (Å²) in [5.41, 5.74) is 0. The van der Waals surface area contributed by atoms with E-state index in [4.69, 9.17) is 0 Å². The summed E-state index contributed by atoms with van der Waals surface area (Å²) in [5.74, 6) is -0.136. The molecule has 2 aromatic carbocycles. The van der Waals surface area contributed by atoms with Crippen LogP contribution in [0.5, 0.6) is 0 Å². The first-order chi connectivity index (χ1) is 15.8.